The summed E-state index contributed by atoms with van der Waals surface area (Å²) < 4.78 is 1.07. The van der Waals surface area contributed by atoms with Crippen molar-refractivity contribution < 1.29 is 0 Å². The van der Waals surface area contributed by atoms with Gasteiger partial charge in [0, 0.05) is 0 Å². The molecule has 0 aliphatic heterocycles. The maximum absolute atomic E-state index is 2.37. The third-order valence-corrected chi connectivity index (χ3v) is 3.37. The van der Waals surface area contributed by atoms with Crippen molar-refractivity contribution in [1.82, 2.24) is 0 Å². The lowest BCUT2D eigenvalue weighted by atomic mass is 10.4. The molecule has 1 unspecified atom stereocenters. The molecule has 7 heavy (non-hydrogen) atoms. The standard InChI is InChI=1S/C4H9.CH3.ClH.Mg/c1-3-4-2;;;/h3H,4H2,1-2H3;1H3;1H;. The molecule has 0 heterocycles. The van der Waals surface area contributed by atoms with Crippen LogP contribution in [0.1, 0.15) is 20.3 Å². The summed E-state index contributed by atoms with van der Waals surface area (Å²) in [5.41, 5.74) is 0. The van der Waals surface area contributed by atoms with E-state index in [4.69, 9.17) is 0 Å². The van der Waals surface area contributed by atoms with Gasteiger partial charge in [-0.2, -0.15) is 5.05 Å². The zero-order valence-corrected chi connectivity index (χ0v) is 7.63. The summed E-state index contributed by atoms with van der Waals surface area (Å²) >= 11 is 0.338. The molecule has 0 aromatic rings. The lowest BCUT2D eigenvalue weighted by Gasteiger charge is -1.97. The maximum Gasteiger partial charge on any atom is 0.364 e. The van der Waals surface area contributed by atoms with Crippen LogP contribution in [0.5, 0.6) is 0 Å². The van der Waals surface area contributed by atoms with Gasteiger partial charge in [0.25, 0.3) is 0 Å². The molecular weight excluding hydrogens is 120 g/mol. The third kappa shape index (κ3) is 7.06. The summed E-state index contributed by atoms with van der Waals surface area (Å²) in [5.74, 6) is 0. The van der Waals surface area contributed by atoms with Crippen molar-refractivity contribution in [3.8, 4) is 0 Å². The van der Waals surface area contributed by atoms with E-state index in [1.807, 2.05) is 0 Å². The molecule has 0 aromatic heterocycles. The number of rotatable bonds is 2. The first-order valence-corrected chi connectivity index (χ1v) is 5.04. The summed E-state index contributed by atoms with van der Waals surface area (Å²) in [4.78, 5) is 0. The van der Waals surface area contributed by atoms with Gasteiger partial charge in [-0.15, -0.1) is 16.5 Å². The molecule has 0 fully saturated rings. The average molecular weight is 133 g/mol. The lowest BCUT2D eigenvalue weighted by Crippen LogP contribution is -1.89. The van der Waals surface area contributed by atoms with Crippen molar-refractivity contribution in [1.29, 1.82) is 0 Å². The fourth-order valence-electron chi connectivity index (χ4n) is 0.289. The van der Waals surface area contributed by atoms with Gasteiger partial charge in [0.1, 0.15) is 0 Å². The van der Waals surface area contributed by atoms with Crippen LogP contribution in [0.3, 0.4) is 0 Å². The maximum atomic E-state index is 2.37. The van der Waals surface area contributed by atoms with E-state index in [1.54, 1.807) is 0 Å². The molecule has 0 aromatic carbocycles. The molecule has 0 spiro atoms. The van der Waals surface area contributed by atoms with E-state index in [9.17, 15) is 0 Å². The van der Waals surface area contributed by atoms with Gasteiger partial charge in [-0.05, 0) is 0 Å². The van der Waals surface area contributed by atoms with Crippen LogP contribution in [0.25, 0.3) is 0 Å². The van der Waals surface area contributed by atoms with Crippen LogP contribution in [0.2, 0.25) is 9.10 Å². The zero-order chi connectivity index (χ0) is 4.99. The smallest absolute Gasteiger partial charge is 0.157 e. The summed E-state index contributed by atoms with van der Waals surface area (Å²) in [5, 5.41) is 2.37. The molecule has 42 valence electrons. The topological polar surface area (TPSA) is 0 Å². The highest BCUT2D eigenvalue weighted by atomic mass is 35.5. The predicted octanol–water partition coefficient (Wildman–Crippen LogP) is 2.38. The van der Waals surface area contributed by atoms with E-state index < -0.39 is 0 Å². The normalized spacial score (nSPS) is 11.3. The quantitative estimate of drug-likeness (QED) is 0.507. The van der Waals surface area contributed by atoms with Crippen LogP contribution in [0.4, 0.5) is 0 Å². The van der Waals surface area contributed by atoms with E-state index in [0.717, 1.165) is 4.05 Å². The van der Waals surface area contributed by atoms with Crippen LogP contribution in [0, 0.1) is 0 Å². The monoisotopic (exact) mass is 132 g/mol. The number of hydrogen-bond acceptors (Lipinski definition) is 0. The van der Waals surface area contributed by atoms with E-state index in [-0.39, 0.29) is 12.4 Å². The summed E-state index contributed by atoms with van der Waals surface area (Å²) in [7, 11) is 0. The molecule has 0 aliphatic rings. The minimum atomic E-state index is 0. The van der Waals surface area contributed by atoms with Crippen LogP contribution in [0.15, 0.2) is 0 Å². The van der Waals surface area contributed by atoms with E-state index in [0.29, 0.717) is 20.4 Å². The number of hydrogen-bond donors (Lipinski definition) is 0. The SMILES string of the molecule is CC[CH](C)[Mg][CH3].Cl. The Labute approximate surface area is 62.2 Å². The van der Waals surface area contributed by atoms with Crippen molar-refractivity contribution in [3.63, 3.8) is 0 Å². The Morgan fingerprint density at radius 3 is 2.00 bits per heavy atom. The minimum absolute atomic E-state index is 0. The van der Waals surface area contributed by atoms with Crippen molar-refractivity contribution in [2.45, 2.75) is 29.4 Å². The van der Waals surface area contributed by atoms with Crippen LogP contribution < -0.4 is 0 Å². The molecule has 0 saturated carbocycles. The fourth-order valence-corrected chi connectivity index (χ4v) is 0.866. The van der Waals surface area contributed by atoms with Crippen molar-refractivity contribution in [2.24, 2.45) is 0 Å². The summed E-state index contributed by atoms with van der Waals surface area (Å²) in [6, 6.07) is 0. The Morgan fingerprint density at radius 2 is 2.00 bits per heavy atom. The summed E-state index contributed by atoms with van der Waals surface area (Å²) in [6.45, 7) is 4.60. The Balaban J connectivity index is 0. The molecule has 0 nitrogen and oxygen atoms in total. The van der Waals surface area contributed by atoms with Crippen molar-refractivity contribution in [3.05, 3.63) is 0 Å². The molecule has 0 saturated heterocycles. The molecule has 0 rings (SSSR count). The molecule has 2 heteroatoms. The predicted molar refractivity (Wildman–Crippen MR) is 38.6 cm³/mol. The second kappa shape index (κ2) is 7.06. The fraction of sp³-hybridized carbons (Fsp3) is 1.00. The van der Waals surface area contributed by atoms with Crippen LogP contribution >= 0.6 is 12.4 Å². The van der Waals surface area contributed by atoms with Gasteiger partial charge in [0.05, 0.1) is 0 Å². The van der Waals surface area contributed by atoms with Gasteiger partial charge >= 0.3 is 20.4 Å². The highest BCUT2D eigenvalue weighted by Crippen LogP contribution is 2.03. The second-order valence-electron chi connectivity index (χ2n) is 1.92. The molecule has 0 aliphatic carbocycles. The summed E-state index contributed by atoms with van der Waals surface area (Å²) in [6.07, 6.45) is 1.39. The molecular formula is C5H13ClMg. The first-order valence-electron chi connectivity index (χ1n) is 2.81. The Kier molecular flexibility index (Phi) is 11.0. The molecule has 1 atom stereocenters. The van der Waals surface area contributed by atoms with Gasteiger partial charge in [0.15, 0.2) is 0 Å². The third-order valence-electron chi connectivity index (χ3n) is 1.39. The van der Waals surface area contributed by atoms with Gasteiger partial charge < -0.3 is 0 Å². The minimum Gasteiger partial charge on any atom is -0.157 e. The van der Waals surface area contributed by atoms with E-state index >= 15 is 0 Å². The lowest BCUT2D eigenvalue weighted by molar-refractivity contribution is 0.871. The van der Waals surface area contributed by atoms with Gasteiger partial charge in [-0.25, -0.2) is 0 Å². The molecule has 0 radical (unpaired) electrons. The highest BCUT2D eigenvalue weighted by molar-refractivity contribution is 6.35. The average Bonchev–Trinajstić information content (AvgIpc) is 1.65. The Hall–Kier alpha value is 1.06. The first kappa shape index (κ1) is 10.9. The van der Waals surface area contributed by atoms with E-state index in [1.165, 1.54) is 6.42 Å². The second-order valence-corrected chi connectivity index (χ2v) is 4.13. The Morgan fingerprint density at radius 1 is 1.57 bits per heavy atom. The zero-order valence-electron chi connectivity index (χ0n) is 5.40. The van der Waals surface area contributed by atoms with Crippen molar-refractivity contribution >= 4 is 32.8 Å². The van der Waals surface area contributed by atoms with Crippen LogP contribution in [-0.2, 0) is 0 Å². The first-order chi connectivity index (χ1) is 2.81. The molecule has 0 N–H and O–H groups in total. The largest absolute Gasteiger partial charge is 0.364 e. The van der Waals surface area contributed by atoms with E-state index in [2.05, 4.69) is 18.9 Å². The Bertz CT molecular complexity index is 27.3. The van der Waals surface area contributed by atoms with Gasteiger partial charge in [-0.3, -0.25) is 0 Å². The highest BCUT2D eigenvalue weighted by Gasteiger charge is 1.94. The van der Waals surface area contributed by atoms with Crippen molar-refractivity contribution in [2.75, 3.05) is 0 Å². The number of halogens is 1. The van der Waals surface area contributed by atoms with Crippen LogP contribution in [-0.4, -0.2) is 20.4 Å². The molecule has 0 bridgehead atoms. The van der Waals surface area contributed by atoms with Gasteiger partial charge in [0.2, 0.25) is 0 Å². The van der Waals surface area contributed by atoms with Gasteiger partial charge in [-0.1, -0.05) is 20.3 Å². The molecule has 0 amide bonds.